The highest BCUT2D eigenvalue weighted by Gasteiger charge is 2.34. The van der Waals surface area contributed by atoms with Crippen molar-refractivity contribution < 1.29 is 17.9 Å². The summed E-state index contributed by atoms with van der Waals surface area (Å²) in [7, 11) is -2.21. The summed E-state index contributed by atoms with van der Waals surface area (Å²) in [5.74, 6) is -0.196. The van der Waals surface area contributed by atoms with Gasteiger partial charge in [0.05, 0.1) is 12.5 Å². The Labute approximate surface area is 141 Å². The highest BCUT2D eigenvalue weighted by Crippen LogP contribution is 2.32. The smallest absolute Gasteiger partial charge is 0.246 e. The van der Waals surface area contributed by atoms with Crippen LogP contribution in [0.2, 0.25) is 5.02 Å². The zero-order valence-electron chi connectivity index (χ0n) is 13.2. The molecule has 1 saturated heterocycles. The van der Waals surface area contributed by atoms with Gasteiger partial charge >= 0.3 is 0 Å². The Bertz CT molecular complexity index is 678. The topological polar surface area (TPSA) is 75.7 Å². The normalized spacial score (nSPS) is 19.3. The molecule has 0 spiro atoms. The van der Waals surface area contributed by atoms with E-state index in [0.717, 1.165) is 0 Å². The number of sulfonamides is 1. The molecule has 0 bridgehead atoms. The van der Waals surface area contributed by atoms with Gasteiger partial charge in [-0.3, -0.25) is 4.79 Å². The third-order valence-corrected chi connectivity index (χ3v) is 5.95. The predicted octanol–water partition coefficient (Wildman–Crippen LogP) is 1.89. The lowest BCUT2D eigenvalue weighted by Crippen LogP contribution is -2.44. The molecule has 0 aromatic heterocycles. The van der Waals surface area contributed by atoms with Crippen LogP contribution in [0.3, 0.4) is 0 Å². The van der Waals surface area contributed by atoms with Crippen molar-refractivity contribution in [2.24, 2.45) is 5.92 Å². The third-order valence-electron chi connectivity index (χ3n) is 3.82. The molecule has 1 aromatic carbocycles. The average molecular weight is 361 g/mol. The van der Waals surface area contributed by atoms with Crippen LogP contribution >= 0.6 is 11.6 Å². The highest BCUT2D eigenvalue weighted by atomic mass is 35.5. The standard InChI is InChI=1S/C15H21ClN2O4S/c1-3-22-13-7-6-12(16)9-14(13)23(20,21)18-8-4-5-11(10-18)15(19)17-2/h6-7,9,11H,3-5,8,10H2,1-2H3,(H,17,19)/t11-/m1/s1. The molecular weight excluding hydrogens is 340 g/mol. The lowest BCUT2D eigenvalue weighted by Gasteiger charge is -2.31. The van der Waals surface area contributed by atoms with E-state index in [1.165, 1.54) is 10.4 Å². The van der Waals surface area contributed by atoms with Gasteiger partial charge in [0, 0.05) is 25.2 Å². The molecule has 1 amide bonds. The first-order valence-corrected chi connectivity index (χ1v) is 9.36. The number of piperidine rings is 1. The number of amides is 1. The maximum absolute atomic E-state index is 12.9. The van der Waals surface area contributed by atoms with Crippen molar-refractivity contribution in [1.29, 1.82) is 0 Å². The third kappa shape index (κ3) is 3.97. The van der Waals surface area contributed by atoms with Gasteiger partial charge in [0.2, 0.25) is 15.9 Å². The van der Waals surface area contributed by atoms with E-state index in [4.69, 9.17) is 16.3 Å². The van der Waals surface area contributed by atoms with Crippen molar-refractivity contribution in [3.8, 4) is 5.75 Å². The molecule has 1 N–H and O–H groups in total. The fraction of sp³-hybridized carbons (Fsp3) is 0.533. The van der Waals surface area contributed by atoms with Crippen molar-refractivity contribution in [2.45, 2.75) is 24.7 Å². The van der Waals surface area contributed by atoms with E-state index in [0.29, 0.717) is 31.0 Å². The van der Waals surface area contributed by atoms with Crippen molar-refractivity contribution in [3.05, 3.63) is 23.2 Å². The molecule has 128 valence electrons. The summed E-state index contributed by atoms with van der Waals surface area (Å²) >= 11 is 5.96. The van der Waals surface area contributed by atoms with Gasteiger partial charge in [-0.2, -0.15) is 4.31 Å². The van der Waals surface area contributed by atoms with Crippen molar-refractivity contribution >= 4 is 27.5 Å². The van der Waals surface area contributed by atoms with Crippen LogP contribution in [0, 0.1) is 5.92 Å². The molecule has 2 rings (SSSR count). The van der Waals surface area contributed by atoms with E-state index >= 15 is 0 Å². The molecule has 0 unspecified atom stereocenters. The Morgan fingerprint density at radius 1 is 1.48 bits per heavy atom. The van der Waals surface area contributed by atoms with E-state index in [2.05, 4.69) is 5.32 Å². The zero-order chi connectivity index (χ0) is 17.0. The van der Waals surface area contributed by atoms with Crippen LogP contribution in [-0.2, 0) is 14.8 Å². The molecule has 1 aromatic rings. The molecule has 1 heterocycles. The minimum Gasteiger partial charge on any atom is -0.492 e. The summed E-state index contributed by atoms with van der Waals surface area (Å²) in [4.78, 5) is 11.9. The molecule has 23 heavy (non-hydrogen) atoms. The van der Waals surface area contributed by atoms with Crippen molar-refractivity contribution in [3.63, 3.8) is 0 Å². The number of nitrogens with zero attached hydrogens (tertiary/aromatic N) is 1. The molecule has 0 radical (unpaired) electrons. The number of benzene rings is 1. The van der Waals surface area contributed by atoms with Gasteiger partial charge in [-0.15, -0.1) is 0 Å². The molecule has 1 atom stereocenters. The first-order chi connectivity index (χ1) is 10.9. The van der Waals surface area contributed by atoms with E-state index in [-0.39, 0.29) is 29.0 Å². The first-order valence-electron chi connectivity index (χ1n) is 7.54. The lowest BCUT2D eigenvalue weighted by atomic mass is 9.99. The summed E-state index contributed by atoms with van der Waals surface area (Å²) in [5.41, 5.74) is 0. The van der Waals surface area contributed by atoms with Gasteiger partial charge in [-0.05, 0) is 38.0 Å². The fourth-order valence-corrected chi connectivity index (χ4v) is 4.59. The number of rotatable bonds is 5. The highest BCUT2D eigenvalue weighted by molar-refractivity contribution is 7.89. The Morgan fingerprint density at radius 2 is 2.22 bits per heavy atom. The number of carbonyl (C=O) groups excluding carboxylic acids is 1. The van der Waals surface area contributed by atoms with Gasteiger partial charge < -0.3 is 10.1 Å². The Morgan fingerprint density at radius 3 is 2.87 bits per heavy atom. The number of hydrogen-bond donors (Lipinski definition) is 1. The largest absolute Gasteiger partial charge is 0.492 e. The Kier molecular flexibility index (Phi) is 5.89. The maximum atomic E-state index is 12.9. The molecule has 6 nitrogen and oxygen atoms in total. The summed E-state index contributed by atoms with van der Waals surface area (Å²) in [6, 6.07) is 4.54. The number of ether oxygens (including phenoxy) is 1. The summed E-state index contributed by atoms with van der Waals surface area (Å²) < 4.78 is 32.7. The van der Waals surface area contributed by atoms with E-state index in [1.54, 1.807) is 26.1 Å². The average Bonchev–Trinajstić information content (AvgIpc) is 2.56. The van der Waals surface area contributed by atoms with Crippen LogP contribution < -0.4 is 10.1 Å². The van der Waals surface area contributed by atoms with Crippen molar-refractivity contribution in [2.75, 3.05) is 26.7 Å². The van der Waals surface area contributed by atoms with Gasteiger partial charge in [-0.25, -0.2) is 8.42 Å². The van der Waals surface area contributed by atoms with Gasteiger partial charge in [0.25, 0.3) is 0 Å². The second-order valence-electron chi connectivity index (χ2n) is 5.34. The lowest BCUT2D eigenvalue weighted by molar-refractivity contribution is -0.125. The molecule has 1 aliphatic rings. The van der Waals surface area contributed by atoms with Crippen LogP contribution in [0.15, 0.2) is 23.1 Å². The fourth-order valence-electron chi connectivity index (χ4n) is 2.68. The second kappa shape index (κ2) is 7.51. The van der Waals surface area contributed by atoms with Gasteiger partial charge in [-0.1, -0.05) is 11.6 Å². The SMILES string of the molecule is CCOc1ccc(Cl)cc1S(=O)(=O)N1CCC[C@@H](C(=O)NC)C1. The molecule has 0 aliphatic carbocycles. The van der Waals surface area contributed by atoms with Gasteiger partial charge in [0.1, 0.15) is 10.6 Å². The summed E-state index contributed by atoms with van der Waals surface area (Å²) in [6.07, 6.45) is 1.32. The maximum Gasteiger partial charge on any atom is 0.246 e. The number of hydrogen-bond acceptors (Lipinski definition) is 4. The number of carbonyl (C=O) groups is 1. The number of nitrogens with one attached hydrogen (secondary N) is 1. The minimum atomic E-state index is -3.77. The van der Waals surface area contributed by atoms with E-state index in [9.17, 15) is 13.2 Å². The molecule has 1 fully saturated rings. The van der Waals surface area contributed by atoms with E-state index < -0.39 is 10.0 Å². The van der Waals surface area contributed by atoms with Crippen LogP contribution in [-0.4, -0.2) is 45.4 Å². The monoisotopic (exact) mass is 360 g/mol. The van der Waals surface area contributed by atoms with Crippen LogP contribution in [0.4, 0.5) is 0 Å². The summed E-state index contributed by atoms with van der Waals surface area (Å²) in [5, 5.41) is 2.91. The molecular formula is C15H21ClN2O4S. The quantitative estimate of drug-likeness (QED) is 0.870. The van der Waals surface area contributed by atoms with Crippen LogP contribution in [0.1, 0.15) is 19.8 Å². The Hall–Kier alpha value is -1.31. The van der Waals surface area contributed by atoms with Crippen LogP contribution in [0.5, 0.6) is 5.75 Å². The molecule has 8 heteroatoms. The van der Waals surface area contributed by atoms with Gasteiger partial charge in [0.15, 0.2) is 0 Å². The second-order valence-corrected chi connectivity index (χ2v) is 7.68. The van der Waals surface area contributed by atoms with Crippen molar-refractivity contribution in [1.82, 2.24) is 9.62 Å². The molecule has 0 saturated carbocycles. The van der Waals surface area contributed by atoms with E-state index in [1.807, 2.05) is 0 Å². The summed E-state index contributed by atoms with van der Waals surface area (Å²) in [6.45, 7) is 2.69. The number of halogens is 1. The zero-order valence-corrected chi connectivity index (χ0v) is 14.8. The minimum absolute atomic E-state index is 0.0457. The predicted molar refractivity (Wildman–Crippen MR) is 88.2 cm³/mol. The Balaban J connectivity index is 2.34. The molecule has 1 aliphatic heterocycles. The first kappa shape index (κ1) is 18.0. The van der Waals surface area contributed by atoms with Crippen LogP contribution in [0.25, 0.3) is 0 Å².